The lowest BCUT2D eigenvalue weighted by atomic mass is 10.0. The lowest BCUT2D eigenvalue weighted by Crippen LogP contribution is -2.46. The molecule has 2 aromatic rings. The zero-order chi connectivity index (χ0) is 31.4. The molecule has 0 aliphatic heterocycles. The van der Waals surface area contributed by atoms with Gasteiger partial charge in [0.2, 0.25) is 0 Å². The van der Waals surface area contributed by atoms with Gasteiger partial charge in [0.15, 0.2) is 11.4 Å². The zero-order valence-corrected chi connectivity index (χ0v) is 24.5. The molecule has 4 amide bonds. The molecule has 6 N–H and O–H groups in total. The lowest BCUT2D eigenvalue weighted by molar-refractivity contribution is -0.147. The fraction of sp³-hybridized carbons (Fsp3) is 0.538. The summed E-state index contributed by atoms with van der Waals surface area (Å²) >= 11 is 0. The Morgan fingerprint density at radius 2 is 1.02 bits per heavy atom. The predicted octanol–water partition coefficient (Wildman–Crippen LogP) is -0.0724. The topological polar surface area (TPSA) is 226 Å². The second kappa shape index (κ2) is 15.9. The number of hydrogen-bond acceptors (Lipinski definition) is 10. The molecule has 16 nitrogen and oxygen atoms in total. The Kier molecular flexibility index (Phi) is 12.6. The van der Waals surface area contributed by atoms with Gasteiger partial charge in [0, 0.05) is 13.1 Å². The van der Waals surface area contributed by atoms with Gasteiger partial charge in [0.05, 0.1) is 25.9 Å². The van der Waals surface area contributed by atoms with Crippen LogP contribution in [-0.4, -0.2) is 93.9 Å². The number of carbonyl (C=O) groups is 6. The van der Waals surface area contributed by atoms with Gasteiger partial charge in [-0.15, -0.1) is 0 Å². The summed E-state index contributed by atoms with van der Waals surface area (Å²) in [6, 6.07) is -1.87. The summed E-state index contributed by atoms with van der Waals surface area (Å²) in [6.45, 7) is 10.4. The van der Waals surface area contributed by atoms with Crippen molar-refractivity contribution in [2.45, 2.75) is 53.6 Å². The van der Waals surface area contributed by atoms with Crippen molar-refractivity contribution >= 4 is 35.6 Å². The first-order chi connectivity index (χ1) is 19.9. The monoisotopic (exact) mass is 590 g/mol. The first-order valence-corrected chi connectivity index (χ1v) is 13.5. The molecule has 0 aliphatic rings. The number of rotatable bonds is 15. The number of aromatic amines is 2. The van der Waals surface area contributed by atoms with Crippen LogP contribution in [0.2, 0.25) is 0 Å². The Morgan fingerprint density at radius 1 is 0.667 bits per heavy atom. The van der Waals surface area contributed by atoms with Crippen LogP contribution in [0.15, 0.2) is 12.7 Å². The molecule has 0 aliphatic carbocycles. The number of hydrogen-bond donors (Lipinski definition) is 6. The molecule has 16 heteroatoms. The molecule has 0 saturated heterocycles. The Balaban J connectivity index is 1.95. The molecule has 0 radical (unpaired) electrons. The van der Waals surface area contributed by atoms with Crippen LogP contribution in [0.1, 0.15) is 83.5 Å². The maximum atomic E-state index is 12.8. The standard InChI is InChI=1S/C26H38N8O8/c1-7-41-25(39)15(13(3)4)33-23(37)19-17(29-11-31-19)21(35)27-9-10-28-22(36)18-20(32-12-30-18)24(38)34-16(14(5)6)26(40)42-8-2/h11-16H,7-10H2,1-6H3,(H,27,35)(H,28,36)(H,29,31)(H,30,32)(H,33,37)(H,34,38)/t15-,16-/m0/s1. The van der Waals surface area contributed by atoms with E-state index in [1.54, 1.807) is 41.5 Å². The fourth-order valence-corrected chi connectivity index (χ4v) is 3.69. The molecule has 2 heterocycles. The van der Waals surface area contributed by atoms with Crippen molar-refractivity contribution in [1.29, 1.82) is 0 Å². The SMILES string of the molecule is CCOC(=O)[C@@H](NC(=O)c1nc[nH]c1C(=O)NCCNC(=O)c1[nH]cnc1C(=O)N[C@H](C(=O)OCC)C(C)C)C(C)C. The average molecular weight is 591 g/mol. The molecule has 2 aromatic heterocycles. The predicted molar refractivity (Wildman–Crippen MR) is 147 cm³/mol. The number of H-pyrrole nitrogens is 2. The van der Waals surface area contributed by atoms with Crippen molar-refractivity contribution in [2.75, 3.05) is 26.3 Å². The molecule has 0 saturated carbocycles. The molecule has 0 unspecified atom stereocenters. The molecule has 0 bridgehead atoms. The summed E-state index contributed by atoms with van der Waals surface area (Å²) in [6.07, 6.45) is 2.33. The zero-order valence-electron chi connectivity index (χ0n) is 24.5. The maximum absolute atomic E-state index is 12.8. The molecule has 0 aromatic carbocycles. The van der Waals surface area contributed by atoms with E-state index in [-0.39, 0.29) is 60.9 Å². The summed E-state index contributed by atoms with van der Waals surface area (Å²) in [5, 5.41) is 10.2. The summed E-state index contributed by atoms with van der Waals surface area (Å²) in [7, 11) is 0. The number of nitrogens with zero attached hydrogens (tertiary/aromatic N) is 2. The second-order valence-electron chi connectivity index (χ2n) is 9.66. The summed E-state index contributed by atoms with van der Waals surface area (Å²) < 4.78 is 9.99. The number of nitrogens with one attached hydrogen (secondary N) is 6. The van der Waals surface area contributed by atoms with E-state index in [2.05, 4.69) is 41.2 Å². The van der Waals surface area contributed by atoms with E-state index in [1.807, 2.05) is 0 Å². The maximum Gasteiger partial charge on any atom is 0.328 e. The van der Waals surface area contributed by atoms with Gasteiger partial charge in [-0.05, 0) is 25.7 Å². The largest absolute Gasteiger partial charge is 0.464 e. The van der Waals surface area contributed by atoms with E-state index in [0.717, 1.165) is 12.7 Å². The minimum Gasteiger partial charge on any atom is -0.464 e. The van der Waals surface area contributed by atoms with Crippen LogP contribution in [0.5, 0.6) is 0 Å². The number of ether oxygens (including phenoxy) is 2. The normalized spacial score (nSPS) is 12.3. The smallest absolute Gasteiger partial charge is 0.328 e. The summed E-state index contributed by atoms with van der Waals surface area (Å²) in [5.41, 5.74) is -0.720. The van der Waals surface area contributed by atoms with Crippen LogP contribution in [0.3, 0.4) is 0 Å². The van der Waals surface area contributed by atoms with Crippen LogP contribution in [-0.2, 0) is 19.1 Å². The Labute approximate surface area is 242 Å². The quantitative estimate of drug-likeness (QED) is 0.119. The summed E-state index contributed by atoms with van der Waals surface area (Å²) in [5.74, 6) is -4.59. The molecule has 2 rings (SSSR count). The molecular weight excluding hydrogens is 552 g/mol. The third-order valence-corrected chi connectivity index (χ3v) is 5.85. The highest BCUT2D eigenvalue weighted by molar-refractivity contribution is 6.06. The second-order valence-corrected chi connectivity index (χ2v) is 9.66. The van der Waals surface area contributed by atoms with Crippen LogP contribution < -0.4 is 21.3 Å². The highest BCUT2D eigenvalue weighted by atomic mass is 16.5. The van der Waals surface area contributed by atoms with E-state index >= 15 is 0 Å². The minimum absolute atomic E-state index is 0.0456. The molecule has 2 atom stereocenters. The van der Waals surface area contributed by atoms with Crippen LogP contribution in [0, 0.1) is 11.8 Å². The van der Waals surface area contributed by atoms with Gasteiger partial charge in [-0.2, -0.15) is 0 Å². The number of imidazole rings is 2. The molecule has 0 spiro atoms. The van der Waals surface area contributed by atoms with Gasteiger partial charge in [-0.1, -0.05) is 27.7 Å². The van der Waals surface area contributed by atoms with E-state index in [4.69, 9.17) is 9.47 Å². The molecule has 42 heavy (non-hydrogen) atoms. The van der Waals surface area contributed by atoms with Crippen molar-refractivity contribution in [2.24, 2.45) is 11.8 Å². The van der Waals surface area contributed by atoms with Crippen molar-refractivity contribution in [3.05, 3.63) is 35.4 Å². The van der Waals surface area contributed by atoms with E-state index in [0.29, 0.717) is 0 Å². The number of carbonyl (C=O) groups excluding carboxylic acids is 6. The van der Waals surface area contributed by atoms with E-state index < -0.39 is 47.7 Å². The van der Waals surface area contributed by atoms with Gasteiger partial charge in [-0.3, -0.25) is 19.2 Å². The third kappa shape index (κ3) is 8.87. The lowest BCUT2D eigenvalue weighted by Gasteiger charge is -2.20. The minimum atomic E-state index is -0.934. The highest BCUT2D eigenvalue weighted by Crippen LogP contribution is 2.10. The van der Waals surface area contributed by atoms with Crippen molar-refractivity contribution in [3.63, 3.8) is 0 Å². The van der Waals surface area contributed by atoms with E-state index in [1.165, 1.54) is 0 Å². The van der Waals surface area contributed by atoms with Gasteiger partial charge < -0.3 is 40.7 Å². The van der Waals surface area contributed by atoms with Crippen LogP contribution in [0.25, 0.3) is 0 Å². The van der Waals surface area contributed by atoms with Crippen molar-refractivity contribution in [3.8, 4) is 0 Å². The highest BCUT2D eigenvalue weighted by Gasteiger charge is 2.30. The van der Waals surface area contributed by atoms with Crippen molar-refractivity contribution in [1.82, 2.24) is 41.2 Å². The summed E-state index contributed by atoms with van der Waals surface area (Å²) in [4.78, 5) is 88.2. The Morgan fingerprint density at radius 3 is 1.33 bits per heavy atom. The Hall–Kier alpha value is -4.76. The first kappa shape index (κ1) is 33.4. The van der Waals surface area contributed by atoms with Crippen LogP contribution in [0.4, 0.5) is 0 Å². The van der Waals surface area contributed by atoms with Crippen LogP contribution >= 0.6 is 0 Å². The molecular formula is C26H38N8O8. The van der Waals surface area contributed by atoms with E-state index in [9.17, 15) is 28.8 Å². The number of aromatic nitrogens is 4. The van der Waals surface area contributed by atoms with Gasteiger partial charge in [0.25, 0.3) is 23.6 Å². The van der Waals surface area contributed by atoms with Crippen molar-refractivity contribution < 1.29 is 38.2 Å². The third-order valence-electron chi connectivity index (χ3n) is 5.85. The molecule has 230 valence electrons. The number of esters is 2. The first-order valence-electron chi connectivity index (χ1n) is 13.5. The van der Waals surface area contributed by atoms with Gasteiger partial charge in [0.1, 0.15) is 23.5 Å². The fourth-order valence-electron chi connectivity index (χ4n) is 3.69. The van der Waals surface area contributed by atoms with Gasteiger partial charge in [-0.25, -0.2) is 19.6 Å². The van der Waals surface area contributed by atoms with Gasteiger partial charge >= 0.3 is 11.9 Å². The molecule has 0 fully saturated rings. The Bertz CT molecular complexity index is 1170. The average Bonchev–Trinajstić information content (AvgIpc) is 3.62. The number of amides is 4.